The van der Waals surface area contributed by atoms with Gasteiger partial charge >= 0.3 is 11.7 Å². The van der Waals surface area contributed by atoms with Gasteiger partial charge in [0.25, 0.3) is 11.5 Å². The predicted octanol–water partition coefficient (Wildman–Crippen LogP) is 3.39. The summed E-state index contributed by atoms with van der Waals surface area (Å²) in [6.07, 6.45) is -1.17. The van der Waals surface area contributed by atoms with E-state index in [9.17, 15) is 23.1 Å². The minimum Gasteiger partial charge on any atom is -0.477 e. The highest BCUT2D eigenvalue weighted by Gasteiger charge is 2.32. The number of aromatic hydroxyl groups is 1. The summed E-state index contributed by atoms with van der Waals surface area (Å²) in [6, 6.07) is 9.30. The van der Waals surface area contributed by atoms with E-state index in [0.717, 1.165) is 12.1 Å². The lowest BCUT2D eigenvalue weighted by molar-refractivity contribution is -0.678. The molecule has 0 aliphatic heterocycles. The molecule has 0 aliphatic rings. The van der Waals surface area contributed by atoms with Gasteiger partial charge in [0.05, 0.1) is 18.3 Å². The van der Waals surface area contributed by atoms with Crippen molar-refractivity contribution in [2.45, 2.75) is 26.1 Å². The number of hydrogen-bond donors (Lipinski definition) is 1. The van der Waals surface area contributed by atoms with Crippen molar-refractivity contribution in [2.24, 2.45) is 5.16 Å². The predicted molar refractivity (Wildman–Crippen MR) is 101 cm³/mol. The monoisotopic (exact) mass is 406 g/mol. The maximum Gasteiger partial charge on any atom is 0.416 e. The van der Waals surface area contributed by atoms with Crippen molar-refractivity contribution >= 4 is 11.9 Å². The van der Waals surface area contributed by atoms with Gasteiger partial charge in [0, 0.05) is 18.7 Å². The molecule has 0 amide bonds. The number of pyridine rings is 1. The van der Waals surface area contributed by atoms with E-state index in [1.165, 1.54) is 33.5 Å². The number of oxime groups is 1. The number of rotatable bonds is 6. The van der Waals surface area contributed by atoms with E-state index in [0.29, 0.717) is 18.7 Å². The Labute approximate surface area is 164 Å². The maximum absolute atomic E-state index is 13.1. The summed E-state index contributed by atoms with van der Waals surface area (Å²) in [7, 11) is 0. The molecule has 2 heterocycles. The topological polar surface area (TPSA) is 67.2 Å². The molecule has 0 saturated carbocycles. The van der Waals surface area contributed by atoms with Crippen LogP contribution < -0.4 is 10.1 Å². The van der Waals surface area contributed by atoms with Gasteiger partial charge in [0.15, 0.2) is 5.56 Å². The Hall–Kier alpha value is -3.36. The third-order valence-electron chi connectivity index (χ3n) is 4.27. The summed E-state index contributed by atoms with van der Waals surface area (Å²) >= 11 is 0. The fourth-order valence-electron chi connectivity index (χ4n) is 2.98. The van der Waals surface area contributed by atoms with Gasteiger partial charge in [-0.1, -0.05) is 23.4 Å². The van der Waals surface area contributed by atoms with Crippen LogP contribution in [0.1, 0.15) is 18.9 Å². The van der Waals surface area contributed by atoms with Crippen molar-refractivity contribution in [3.05, 3.63) is 64.6 Å². The first-order chi connectivity index (χ1) is 13.8. The summed E-state index contributed by atoms with van der Waals surface area (Å²) in [6.45, 7) is 2.44. The van der Waals surface area contributed by atoms with Crippen molar-refractivity contribution in [1.29, 1.82) is 0 Å². The van der Waals surface area contributed by atoms with Gasteiger partial charge in [-0.15, -0.1) is 0 Å². The highest BCUT2D eigenvalue weighted by molar-refractivity contribution is 5.68. The number of aromatic nitrogens is 2. The molecule has 0 spiro atoms. The van der Waals surface area contributed by atoms with Crippen molar-refractivity contribution in [3.8, 4) is 17.0 Å². The van der Waals surface area contributed by atoms with Gasteiger partial charge in [-0.3, -0.25) is 0 Å². The molecule has 1 aromatic carbocycles. The van der Waals surface area contributed by atoms with Crippen LogP contribution in [0.5, 0.6) is 5.88 Å². The number of hydrogen-bond acceptors (Lipinski definition) is 4. The van der Waals surface area contributed by atoms with Gasteiger partial charge in [0.2, 0.25) is 0 Å². The quantitative estimate of drug-likeness (QED) is 0.388. The molecule has 0 fully saturated rings. The van der Waals surface area contributed by atoms with Crippen LogP contribution in [0.15, 0.2) is 58.6 Å². The van der Waals surface area contributed by atoms with Crippen LogP contribution in [0, 0.1) is 0 Å². The van der Waals surface area contributed by atoms with Gasteiger partial charge in [-0.25, -0.2) is 4.79 Å². The summed E-state index contributed by atoms with van der Waals surface area (Å²) in [5, 5.41) is 14.5. The Morgan fingerprint density at radius 2 is 2.03 bits per heavy atom. The van der Waals surface area contributed by atoms with Crippen LogP contribution in [0.25, 0.3) is 16.8 Å². The molecule has 0 bridgehead atoms. The molecule has 9 heteroatoms. The van der Waals surface area contributed by atoms with E-state index >= 15 is 0 Å². The molecule has 2 aromatic heterocycles. The van der Waals surface area contributed by atoms with E-state index in [2.05, 4.69) is 5.16 Å². The molecule has 0 saturated heterocycles. The van der Waals surface area contributed by atoms with Gasteiger partial charge in [0.1, 0.15) is 6.61 Å². The number of benzene rings is 1. The minimum atomic E-state index is -4.57. The maximum atomic E-state index is 13.1. The van der Waals surface area contributed by atoms with Crippen molar-refractivity contribution < 1.29 is 27.7 Å². The zero-order valence-corrected chi connectivity index (χ0v) is 15.6. The Bertz CT molecular complexity index is 1110. The largest absolute Gasteiger partial charge is 0.477 e. The van der Waals surface area contributed by atoms with E-state index in [4.69, 9.17) is 4.84 Å². The third-order valence-corrected chi connectivity index (χ3v) is 4.27. The van der Waals surface area contributed by atoms with Gasteiger partial charge in [-0.2, -0.15) is 22.1 Å². The zero-order valence-electron chi connectivity index (χ0n) is 15.6. The zero-order chi connectivity index (χ0) is 21.0. The molecule has 0 atom stereocenters. The normalized spacial score (nSPS) is 12.0. The molecule has 29 heavy (non-hydrogen) atoms. The fourth-order valence-corrected chi connectivity index (χ4v) is 2.98. The standard InChI is InChI=1S/C20H18F3N3O3/c1-2-29-24-10-6-12-26-16-9-3-4-11-25(16)18(27)17(19(26)28)14-7-5-8-15(13-14)20(21,22)23/h3-5,7-11,13H,2,6,12H2,1H3/p+1. The molecule has 0 unspecified atom stereocenters. The Kier molecular flexibility index (Phi) is 5.86. The average Bonchev–Trinajstić information content (AvgIpc) is 2.70. The number of fused-ring (bicyclic) bond motifs is 1. The van der Waals surface area contributed by atoms with Crippen LogP contribution >= 0.6 is 0 Å². The molecule has 152 valence electrons. The molecule has 0 radical (unpaired) electrons. The van der Waals surface area contributed by atoms with Crippen LogP contribution in [0.3, 0.4) is 0 Å². The van der Waals surface area contributed by atoms with Gasteiger partial charge in [-0.05, 0) is 30.7 Å². The van der Waals surface area contributed by atoms with E-state index in [1.54, 1.807) is 25.1 Å². The van der Waals surface area contributed by atoms with Crippen molar-refractivity contribution in [3.63, 3.8) is 0 Å². The fraction of sp³-hybridized carbons (Fsp3) is 0.250. The Morgan fingerprint density at radius 3 is 2.76 bits per heavy atom. The molecular weight excluding hydrogens is 387 g/mol. The minimum absolute atomic E-state index is 0.0164. The van der Waals surface area contributed by atoms with Crippen LogP contribution in [-0.2, 0) is 17.6 Å². The number of nitrogens with zero attached hydrogens (tertiary/aromatic N) is 3. The van der Waals surface area contributed by atoms with E-state index in [-0.39, 0.29) is 17.7 Å². The molecule has 3 aromatic rings. The number of alkyl halides is 3. The lowest BCUT2D eigenvalue weighted by Gasteiger charge is -2.11. The summed E-state index contributed by atoms with van der Waals surface area (Å²) in [4.78, 5) is 17.8. The third kappa shape index (κ3) is 4.23. The highest BCUT2D eigenvalue weighted by atomic mass is 19.4. The summed E-state index contributed by atoms with van der Waals surface area (Å²) < 4.78 is 42.1. The summed E-state index contributed by atoms with van der Waals surface area (Å²) in [5.74, 6) is -0.412. The van der Waals surface area contributed by atoms with E-state index in [1.807, 2.05) is 0 Å². The Balaban J connectivity index is 2.17. The first kappa shape index (κ1) is 20.4. The van der Waals surface area contributed by atoms with Gasteiger partial charge < -0.3 is 9.94 Å². The number of aryl methyl sites for hydroxylation is 1. The highest BCUT2D eigenvalue weighted by Crippen LogP contribution is 2.33. The number of halogens is 3. The SMILES string of the molecule is CCON=CCC[n+]1c(O)c(-c2cccc(C(F)(F)F)c2)c(=O)n2ccccc21. The second-order valence-corrected chi connectivity index (χ2v) is 6.16. The first-order valence-corrected chi connectivity index (χ1v) is 8.92. The molecular formula is C20H19F3N3O3+. The Morgan fingerprint density at radius 1 is 1.24 bits per heavy atom. The van der Waals surface area contributed by atoms with E-state index < -0.39 is 23.2 Å². The molecule has 0 aliphatic carbocycles. The molecule has 6 nitrogen and oxygen atoms in total. The lowest BCUT2D eigenvalue weighted by atomic mass is 10.0. The molecule has 1 N–H and O–H groups in total. The first-order valence-electron chi connectivity index (χ1n) is 8.92. The second kappa shape index (κ2) is 8.34. The summed E-state index contributed by atoms with van der Waals surface area (Å²) in [5.41, 5.74) is -1.34. The van der Waals surface area contributed by atoms with Crippen LogP contribution in [0.2, 0.25) is 0 Å². The van der Waals surface area contributed by atoms with Crippen LogP contribution in [0.4, 0.5) is 13.2 Å². The second-order valence-electron chi connectivity index (χ2n) is 6.16. The lowest BCUT2D eigenvalue weighted by Crippen LogP contribution is -2.41. The van der Waals surface area contributed by atoms with Crippen molar-refractivity contribution in [1.82, 2.24) is 4.40 Å². The average molecular weight is 406 g/mol. The molecule has 3 rings (SSSR count). The van der Waals surface area contributed by atoms with Crippen LogP contribution in [-0.4, -0.2) is 22.3 Å². The smallest absolute Gasteiger partial charge is 0.416 e. The van der Waals surface area contributed by atoms with Crippen molar-refractivity contribution in [2.75, 3.05) is 6.61 Å².